The van der Waals surface area contributed by atoms with Crippen LogP contribution in [0.15, 0.2) is 22.7 Å². The largest absolute Gasteiger partial charge is 0.392 e. The molecule has 2 nitrogen and oxygen atoms in total. The summed E-state index contributed by atoms with van der Waals surface area (Å²) in [7, 11) is 0. The maximum Gasteiger partial charge on any atom is 0.0682 e. The lowest BCUT2D eigenvalue weighted by molar-refractivity contribution is 0.220. The molecule has 112 valence electrons. The summed E-state index contributed by atoms with van der Waals surface area (Å²) in [5, 5.41) is 9.20. The smallest absolute Gasteiger partial charge is 0.0682 e. The number of benzene rings is 1. The summed E-state index contributed by atoms with van der Waals surface area (Å²) in [4.78, 5) is 2.48. The molecule has 0 bridgehead atoms. The van der Waals surface area contributed by atoms with Gasteiger partial charge >= 0.3 is 0 Å². The van der Waals surface area contributed by atoms with Gasteiger partial charge in [0.05, 0.1) is 12.3 Å². The molecule has 0 aromatic heterocycles. The summed E-state index contributed by atoms with van der Waals surface area (Å²) in [5.41, 5.74) is 2.63. The van der Waals surface area contributed by atoms with Gasteiger partial charge < -0.3 is 10.0 Å². The van der Waals surface area contributed by atoms with Gasteiger partial charge in [-0.05, 0) is 64.2 Å². The van der Waals surface area contributed by atoms with Crippen molar-refractivity contribution in [3.63, 3.8) is 0 Å². The first-order valence-electron chi connectivity index (χ1n) is 7.56. The van der Waals surface area contributed by atoms with Crippen LogP contribution in [0, 0.1) is 11.3 Å². The van der Waals surface area contributed by atoms with Crippen molar-refractivity contribution in [2.45, 2.75) is 46.6 Å². The van der Waals surface area contributed by atoms with Gasteiger partial charge in [-0.1, -0.05) is 26.8 Å². The first kappa shape index (κ1) is 15.8. The van der Waals surface area contributed by atoms with E-state index in [0.717, 1.165) is 29.0 Å². The summed E-state index contributed by atoms with van der Waals surface area (Å²) in [6.45, 7) is 9.44. The molecule has 2 rings (SSSR count). The Balaban J connectivity index is 2.11. The van der Waals surface area contributed by atoms with Gasteiger partial charge in [0.2, 0.25) is 0 Å². The lowest BCUT2D eigenvalue weighted by atomic mass is 9.77. The summed E-state index contributed by atoms with van der Waals surface area (Å²) in [5.74, 6) is 0.808. The monoisotopic (exact) mass is 339 g/mol. The molecule has 1 atom stereocenters. The van der Waals surface area contributed by atoms with Gasteiger partial charge in [-0.2, -0.15) is 0 Å². The van der Waals surface area contributed by atoms with Crippen LogP contribution < -0.4 is 4.90 Å². The third kappa shape index (κ3) is 3.76. The van der Waals surface area contributed by atoms with Gasteiger partial charge in [0, 0.05) is 17.6 Å². The maximum absolute atomic E-state index is 9.20. The Morgan fingerprint density at radius 1 is 1.25 bits per heavy atom. The highest BCUT2D eigenvalue weighted by Gasteiger charge is 2.27. The van der Waals surface area contributed by atoms with Crippen LogP contribution in [0.2, 0.25) is 0 Å². The highest BCUT2D eigenvalue weighted by Crippen LogP contribution is 2.36. The Morgan fingerprint density at radius 2 is 2.00 bits per heavy atom. The molecule has 20 heavy (non-hydrogen) atoms. The highest BCUT2D eigenvalue weighted by atomic mass is 79.9. The molecule has 1 fully saturated rings. The Morgan fingerprint density at radius 3 is 2.60 bits per heavy atom. The Labute approximate surface area is 131 Å². The Kier molecular flexibility index (Phi) is 5.14. The van der Waals surface area contributed by atoms with Crippen molar-refractivity contribution >= 4 is 21.6 Å². The van der Waals surface area contributed by atoms with Crippen LogP contribution in [0.25, 0.3) is 0 Å². The van der Waals surface area contributed by atoms with Crippen molar-refractivity contribution in [2.24, 2.45) is 11.3 Å². The van der Waals surface area contributed by atoms with E-state index in [1.807, 2.05) is 12.1 Å². The molecular weight excluding hydrogens is 314 g/mol. The minimum absolute atomic E-state index is 0.102. The number of rotatable bonds is 2. The van der Waals surface area contributed by atoms with E-state index >= 15 is 0 Å². The molecule has 1 aliphatic heterocycles. The lowest BCUT2D eigenvalue weighted by Crippen LogP contribution is -2.26. The zero-order valence-corrected chi connectivity index (χ0v) is 14.4. The quantitative estimate of drug-likeness (QED) is 0.851. The molecular formula is C17H26BrNO. The number of aliphatic hydroxyl groups is 1. The molecule has 1 unspecified atom stereocenters. The summed E-state index contributed by atoms with van der Waals surface area (Å²) >= 11 is 3.65. The van der Waals surface area contributed by atoms with Gasteiger partial charge in [0.25, 0.3) is 0 Å². The van der Waals surface area contributed by atoms with Crippen molar-refractivity contribution in [3.05, 3.63) is 28.2 Å². The van der Waals surface area contributed by atoms with Crippen LogP contribution in [-0.4, -0.2) is 18.2 Å². The summed E-state index contributed by atoms with van der Waals surface area (Å²) in [6.07, 6.45) is 3.85. The average molecular weight is 340 g/mol. The topological polar surface area (TPSA) is 23.5 Å². The normalized spacial score (nSPS) is 20.9. The molecule has 1 aliphatic rings. The molecule has 0 radical (unpaired) electrons. The SMILES string of the molecule is CC(C)(C)C1CCCN(c2ccc(CO)cc2Br)CC1. The molecule has 0 amide bonds. The second-order valence-electron chi connectivity index (χ2n) is 6.92. The summed E-state index contributed by atoms with van der Waals surface area (Å²) in [6, 6.07) is 6.18. The van der Waals surface area contributed by atoms with Crippen LogP contribution in [0.3, 0.4) is 0 Å². The van der Waals surface area contributed by atoms with Crippen molar-refractivity contribution < 1.29 is 5.11 Å². The third-order valence-electron chi connectivity index (χ3n) is 4.49. The van der Waals surface area contributed by atoms with Crippen LogP contribution >= 0.6 is 15.9 Å². The maximum atomic E-state index is 9.20. The number of aliphatic hydroxyl groups excluding tert-OH is 1. The number of hydrogen-bond acceptors (Lipinski definition) is 2. The predicted octanol–water partition coefficient (Wildman–Crippen LogP) is 4.59. The average Bonchev–Trinajstić information content (AvgIpc) is 2.63. The lowest BCUT2D eigenvalue weighted by Gasteiger charge is -2.30. The van der Waals surface area contributed by atoms with Crippen molar-refractivity contribution in [1.82, 2.24) is 0 Å². The predicted molar refractivity (Wildman–Crippen MR) is 89.1 cm³/mol. The van der Waals surface area contributed by atoms with Crippen molar-refractivity contribution in [3.8, 4) is 0 Å². The molecule has 1 aromatic rings. The molecule has 1 heterocycles. The second kappa shape index (κ2) is 6.48. The Bertz CT molecular complexity index is 453. The molecule has 0 spiro atoms. The van der Waals surface area contributed by atoms with Crippen LogP contribution in [-0.2, 0) is 6.61 Å². The highest BCUT2D eigenvalue weighted by molar-refractivity contribution is 9.10. The zero-order chi connectivity index (χ0) is 14.8. The zero-order valence-electron chi connectivity index (χ0n) is 12.8. The fourth-order valence-electron chi connectivity index (χ4n) is 3.11. The van der Waals surface area contributed by atoms with Gasteiger partial charge in [-0.15, -0.1) is 0 Å². The van der Waals surface area contributed by atoms with Crippen LogP contribution in [0.4, 0.5) is 5.69 Å². The molecule has 1 N–H and O–H groups in total. The van der Waals surface area contributed by atoms with E-state index in [9.17, 15) is 5.11 Å². The number of hydrogen-bond donors (Lipinski definition) is 1. The fraction of sp³-hybridized carbons (Fsp3) is 0.647. The number of anilines is 1. The minimum atomic E-state index is 0.102. The first-order chi connectivity index (χ1) is 9.41. The molecule has 0 saturated carbocycles. The molecule has 3 heteroatoms. The van der Waals surface area contributed by atoms with E-state index in [1.54, 1.807) is 0 Å². The van der Waals surface area contributed by atoms with Crippen molar-refractivity contribution in [1.29, 1.82) is 0 Å². The van der Waals surface area contributed by atoms with E-state index < -0.39 is 0 Å². The van der Waals surface area contributed by atoms with Crippen LogP contribution in [0.5, 0.6) is 0 Å². The van der Waals surface area contributed by atoms with Gasteiger partial charge in [-0.25, -0.2) is 0 Å². The second-order valence-corrected chi connectivity index (χ2v) is 7.78. The number of nitrogens with zero attached hydrogens (tertiary/aromatic N) is 1. The van der Waals surface area contributed by atoms with Crippen molar-refractivity contribution in [2.75, 3.05) is 18.0 Å². The third-order valence-corrected chi connectivity index (χ3v) is 5.12. The molecule has 0 aliphatic carbocycles. The summed E-state index contributed by atoms with van der Waals surface area (Å²) < 4.78 is 1.10. The van der Waals surface area contributed by atoms with Gasteiger partial charge in [-0.3, -0.25) is 0 Å². The minimum Gasteiger partial charge on any atom is -0.392 e. The van der Waals surface area contributed by atoms with Gasteiger partial charge in [0.15, 0.2) is 0 Å². The number of halogens is 1. The molecule has 1 saturated heterocycles. The standard InChI is InChI=1S/C17H26BrNO/c1-17(2,3)14-5-4-9-19(10-8-14)16-7-6-13(12-20)11-15(16)18/h6-7,11,14,20H,4-5,8-10,12H2,1-3H3. The van der Waals surface area contributed by atoms with E-state index in [2.05, 4.69) is 47.7 Å². The fourth-order valence-corrected chi connectivity index (χ4v) is 3.79. The van der Waals surface area contributed by atoms with E-state index in [4.69, 9.17) is 0 Å². The van der Waals surface area contributed by atoms with Gasteiger partial charge in [0.1, 0.15) is 0 Å². The van der Waals surface area contributed by atoms with E-state index in [0.29, 0.717) is 5.41 Å². The first-order valence-corrected chi connectivity index (χ1v) is 8.35. The van der Waals surface area contributed by atoms with E-state index in [-0.39, 0.29) is 6.61 Å². The Hall–Kier alpha value is -0.540. The molecule has 1 aromatic carbocycles. The van der Waals surface area contributed by atoms with E-state index in [1.165, 1.54) is 24.9 Å². The van der Waals surface area contributed by atoms with Crippen LogP contribution in [0.1, 0.15) is 45.6 Å².